The van der Waals surface area contributed by atoms with Gasteiger partial charge in [-0.3, -0.25) is 0 Å². The summed E-state index contributed by atoms with van der Waals surface area (Å²) in [5.41, 5.74) is 1.82. The van der Waals surface area contributed by atoms with Crippen LogP contribution >= 0.6 is 11.3 Å². The quantitative estimate of drug-likeness (QED) is 0.906. The summed E-state index contributed by atoms with van der Waals surface area (Å²) in [6, 6.07) is 5.67. The molecule has 0 radical (unpaired) electrons. The van der Waals surface area contributed by atoms with Gasteiger partial charge in [-0.15, -0.1) is 11.3 Å². The summed E-state index contributed by atoms with van der Waals surface area (Å²) >= 11 is 1.56. The maximum absolute atomic E-state index is 5.33. The Morgan fingerprint density at radius 2 is 2.06 bits per heavy atom. The Morgan fingerprint density at radius 3 is 2.65 bits per heavy atom. The zero-order chi connectivity index (χ0) is 12.3. The van der Waals surface area contributed by atoms with Crippen molar-refractivity contribution in [1.82, 2.24) is 4.98 Å². The molecule has 1 N–H and O–H groups in total. The van der Waals surface area contributed by atoms with Gasteiger partial charge in [0.05, 0.1) is 19.9 Å². The highest BCUT2D eigenvalue weighted by molar-refractivity contribution is 7.14. The lowest BCUT2D eigenvalue weighted by atomic mass is 10.1. The fourth-order valence-electron chi connectivity index (χ4n) is 1.53. The Morgan fingerprint density at radius 1 is 1.24 bits per heavy atom. The van der Waals surface area contributed by atoms with Crippen LogP contribution in [-0.4, -0.2) is 26.3 Å². The molecular formula is C12H14N2O2S. The Bertz CT molecular complexity index is 511. The number of ether oxygens (including phenoxy) is 2. The molecule has 0 atom stereocenters. The molecule has 0 fully saturated rings. The van der Waals surface area contributed by atoms with E-state index in [-0.39, 0.29) is 0 Å². The molecule has 1 aromatic carbocycles. The molecule has 0 bridgehead atoms. The highest BCUT2D eigenvalue weighted by atomic mass is 32.1. The summed E-state index contributed by atoms with van der Waals surface area (Å²) < 4.78 is 10.5. The van der Waals surface area contributed by atoms with Gasteiger partial charge in [0.25, 0.3) is 0 Å². The summed E-state index contributed by atoms with van der Waals surface area (Å²) in [6.45, 7) is 0. The first kappa shape index (κ1) is 11.7. The van der Waals surface area contributed by atoms with E-state index in [9.17, 15) is 0 Å². The van der Waals surface area contributed by atoms with Crippen LogP contribution in [0, 0.1) is 0 Å². The van der Waals surface area contributed by atoms with Gasteiger partial charge < -0.3 is 14.8 Å². The predicted octanol–water partition coefficient (Wildman–Crippen LogP) is 2.87. The van der Waals surface area contributed by atoms with Crippen LogP contribution in [0.1, 0.15) is 0 Å². The van der Waals surface area contributed by atoms with Crippen molar-refractivity contribution in [2.75, 3.05) is 26.6 Å². The molecule has 2 aromatic rings. The number of methoxy groups -OCH3 is 2. The Labute approximate surface area is 104 Å². The number of anilines is 1. The largest absolute Gasteiger partial charge is 0.497 e. The van der Waals surface area contributed by atoms with Gasteiger partial charge in [-0.1, -0.05) is 0 Å². The first-order chi connectivity index (χ1) is 8.28. The van der Waals surface area contributed by atoms with Crippen molar-refractivity contribution in [2.24, 2.45) is 0 Å². The molecule has 90 valence electrons. The number of nitrogens with one attached hydrogen (secondary N) is 1. The second-order valence-corrected chi connectivity index (χ2v) is 4.21. The molecular weight excluding hydrogens is 236 g/mol. The second kappa shape index (κ2) is 5.05. The van der Waals surface area contributed by atoms with Crippen LogP contribution in [0.2, 0.25) is 0 Å². The maximum Gasteiger partial charge on any atom is 0.182 e. The van der Waals surface area contributed by atoms with Crippen molar-refractivity contribution in [3.8, 4) is 22.8 Å². The minimum atomic E-state index is 0.791. The smallest absolute Gasteiger partial charge is 0.182 e. The van der Waals surface area contributed by atoms with Gasteiger partial charge in [-0.2, -0.15) is 0 Å². The van der Waals surface area contributed by atoms with Crippen LogP contribution in [0.3, 0.4) is 0 Å². The standard InChI is InChI=1S/C12H14N2O2S/c1-13-12-14-10(7-17-12)9-6-8(15-2)4-5-11(9)16-3/h4-7H,1-3H3,(H,13,14). The third-order valence-corrected chi connectivity index (χ3v) is 3.26. The number of thiazole rings is 1. The first-order valence-electron chi connectivity index (χ1n) is 5.14. The summed E-state index contributed by atoms with van der Waals surface area (Å²) in [6.07, 6.45) is 0. The third-order valence-electron chi connectivity index (χ3n) is 2.40. The number of hydrogen-bond donors (Lipinski definition) is 1. The van der Waals surface area contributed by atoms with Crippen molar-refractivity contribution in [1.29, 1.82) is 0 Å². The van der Waals surface area contributed by atoms with E-state index in [0.717, 1.165) is 27.9 Å². The predicted molar refractivity (Wildman–Crippen MR) is 70.2 cm³/mol. The van der Waals surface area contributed by atoms with Crippen molar-refractivity contribution in [3.63, 3.8) is 0 Å². The summed E-state index contributed by atoms with van der Waals surface area (Å²) in [5, 5.41) is 5.89. The van der Waals surface area contributed by atoms with Gasteiger partial charge in [0.2, 0.25) is 0 Å². The normalized spacial score (nSPS) is 10.1. The highest BCUT2D eigenvalue weighted by Gasteiger charge is 2.10. The lowest BCUT2D eigenvalue weighted by molar-refractivity contribution is 0.404. The van der Waals surface area contributed by atoms with E-state index in [1.165, 1.54) is 0 Å². The number of nitrogens with zero attached hydrogens (tertiary/aromatic N) is 1. The monoisotopic (exact) mass is 250 g/mol. The highest BCUT2D eigenvalue weighted by Crippen LogP contribution is 2.34. The summed E-state index contributed by atoms with van der Waals surface area (Å²) in [4.78, 5) is 4.45. The molecule has 2 rings (SSSR count). The molecule has 17 heavy (non-hydrogen) atoms. The molecule has 0 amide bonds. The third kappa shape index (κ3) is 2.34. The molecule has 0 saturated carbocycles. The molecule has 0 saturated heterocycles. The van der Waals surface area contributed by atoms with Crippen LogP contribution in [0.4, 0.5) is 5.13 Å². The van der Waals surface area contributed by atoms with E-state index < -0.39 is 0 Å². The fraction of sp³-hybridized carbons (Fsp3) is 0.250. The van der Waals surface area contributed by atoms with Crippen molar-refractivity contribution < 1.29 is 9.47 Å². The van der Waals surface area contributed by atoms with Crippen molar-refractivity contribution in [3.05, 3.63) is 23.6 Å². The molecule has 5 heteroatoms. The van der Waals surface area contributed by atoms with E-state index in [1.54, 1.807) is 25.6 Å². The van der Waals surface area contributed by atoms with Gasteiger partial charge in [0, 0.05) is 18.0 Å². The maximum atomic E-state index is 5.33. The van der Waals surface area contributed by atoms with E-state index >= 15 is 0 Å². The van der Waals surface area contributed by atoms with Crippen molar-refractivity contribution in [2.45, 2.75) is 0 Å². The minimum absolute atomic E-state index is 0.791. The topological polar surface area (TPSA) is 43.4 Å². The minimum Gasteiger partial charge on any atom is -0.497 e. The number of hydrogen-bond acceptors (Lipinski definition) is 5. The number of benzene rings is 1. The van der Waals surface area contributed by atoms with Crippen LogP contribution in [0.25, 0.3) is 11.3 Å². The number of aromatic nitrogens is 1. The van der Waals surface area contributed by atoms with Crippen LogP contribution in [0.5, 0.6) is 11.5 Å². The molecule has 4 nitrogen and oxygen atoms in total. The zero-order valence-corrected chi connectivity index (χ0v) is 10.8. The van der Waals surface area contributed by atoms with E-state index in [2.05, 4.69) is 10.3 Å². The van der Waals surface area contributed by atoms with E-state index in [4.69, 9.17) is 9.47 Å². The molecule has 0 aliphatic rings. The molecule has 0 aliphatic carbocycles. The van der Waals surface area contributed by atoms with Gasteiger partial charge in [0.15, 0.2) is 5.13 Å². The lowest BCUT2D eigenvalue weighted by Gasteiger charge is -2.08. The average molecular weight is 250 g/mol. The van der Waals surface area contributed by atoms with Gasteiger partial charge in [-0.25, -0.2) is 4.98 Å². The summed E-state index contributed by atoms with van der Waals surface area (Å²) in [7, 11) is 5.15. The zero-order valence-electron chi connectivity index (χ0n) is 9.98. The Kier molecular flexibility index (Phi) is 3.49. The molecule has 1 aromatic heterocycles. The average Bonchev–Trinajstić information content (AvgIpc) is 2.86. The SMILES string of the molecule is CNc1nc(-c2cc(OC)ccc2OC)cs1. The molecule has 0 spiro atoms. The number of rotatable bonds is 4. The summed E-state index contributed by atoms with van der Waals surface area (Å²) in [5.74, 6) is 1.58. The van der Waals surface area contributed by atoms with E-state index in [1.807, 2.05) is 30.6 Å². The Balaban J connectivity index is 2.47. The van der Waals surface area contributed by atoms with Gasteiger partial charge in [-0.05, 0) is 18.2 Å². The van der Waals surface area contributed by atoms with Crippen LogP contribution in [-0.2, 0) is 0 Å². The van der Waals surface area contributed by atoms with Gasteiger partial charge in [0.1, 0.15) is 11.5 Å². The first-order valence-corrected chi connectivity index (χ1v) is 6.02. The van der Waals surface area contributed by atoms with E-state index in [0.29, 0.717) is 0 Å². The second-order valence-electron chi connectivity index (χ2n) is 3.35. The Hall–Kier alpha value is -1.75. The lowest BCUT2D eigenvalue weighted by Crippen LogP contribution is -1.91. The van der Waals surface area contributed by atoms with Crippen LogP contribution < -0.4 is 14.8 Å². The van der Waals surface area contributed by atoms with Gasteiger partial charge >= 0.3 is 0 Å². The molecule has 0 aliphatic heterocycles. The fourth-order valence-corrected chi connectivity index (χ4v) is 2.20. The molecule has 1 heterocycles. The van der Waals surface area contributed by atoms with Crippen LogP contribution in [0.15, 0.2) is 23.6 Å². The van der Waals surface area contributed by atoms with Crippen molar-refractivity contribution >= 4 is 16.5 Å². The molecule has 0 unspecified atom stereocenters.